The van der Waals surface area contributed by atoms with E-state index >= 15 is 0 Å². The van der Waals surface area contributed by atoms with E-state index in [2.05, 4.69) is 54.2 Å². The molecule has 4 heteroatoms. The van der Waals surface area contributed by atoms with Crippen molar-refractivity contribution in [1.29, 1.82) is 0 Å². The minimum Gasteiger partial charge on any atom is -0.379 e. The van der Waals surface area contributed by atoms with Gasteiger partial charge in [-0.25, -0.2) is 0 Å². The second kappa shape index (κ2) is 7.63. The van der Waals surface area contributed by atoms with Gasteiger partial charge in [0.1, 0.15) is 0 Å². The molecule has 1 rings (SSSR count). The van der Waals surface area contributed by atoms with Crippen molar-refractivity contribution < 1.29 is 4.74 Å². The third-order valence-electron chi connectivity index (χ3n) is 3.17. The molecule has 1 N–H and O–H groups in total. The van der Waals surface area contributed by atoms with Crippen molar-refractivity contribution in [2.24, 2.45) is 0 Å². The average molecular weight is 334 g/mol. The topological polar surface area (TPSA) is 21.3 Å². The Balaban J connectivity index is 2.61. The van der Waals surface area contributed by atoms with E-state index in [0.29, 0.717) is 6.04 Å². The molecular weight excluding hydrogens is 310 g/mol. The Morgan fingerprint density at radius 3 is 2.67 bits per heavy atom. The molecule has 2 nitrogen and oxygen atoms in total. The number of halogens is 1. The summed E-state index contributed by atoms with van der Waals surface area (Å²) in [7, 11) is 1.79. The Bertz CT molecular complexity index is 351. The predicted octanol–water partition coefficient (Wildman–Crippen LogP) is 4.76. The highest BCUT2D eigenvalue weighted by molar-refractivity contribution is 9.11. The standard InChI is InChI=1S/C14H24BrNOS/c1-5-10-16-11(8-9-14(2,3)17-4)12-6-7-13(15)18-12/h6-7,11,16H,5,8-10H2,1-4H3. The van der Waals surface area contributed by atoms with Gasteiger partial charge in [0.15, 0.2) is 0 Å². The van der Waals surface area contributed by atoms with Crippen LogP contribution in [-0.2, 0) is 4.74 Å². The lowest BCUT2D eigenvalue weighted by atomic mass is 9.98. The number of hydrogen-bond donors (Lipinski definition) is 1. The molecule has 18 heavy (non-hydrogen) atoms. The molecule has 0 amide bonds. The second-order valence-corrected chi connectivity index (χ2v) is 7.65. The van der Waals surface area contributed by atoms with Crippen LogP contribution in [0.2, 0.25) is 0 Å². The first-order chi connectivity index (χ1) is 8.48. The van der Waals surface area contributed by atoms with Gasteiger partial charge in [-0.3, -0.25) is 0 Å². The first-order valence-electron chi connectivity index (χ1n) is 6.52. The lowest BCUT2D eigenvalue weighted by Crippen LogP contribution is -2.27. The molecule has 0 aliphatic rings. The summed E-state index contributed by atoms with van der Waals surface area (Å²) in [4.78, 5) is 1.40. The van der Waals surface area contributed by atoms with E-state index in [9.17, 15) is 0 Å². The zero-order valence-corrected chi connectivity index (χ0v) is 14.2. The van der Waals surface area contributed by atoms with Gasteiger partial charge >= 0.3 is 0 Å². The molecule has 104 valence electrons. The molecule has 0 spiro atoms. The molecular formula is C14H24BrNOS. The van der Waals surface area contributed by atoms with E-state index in [1.54, 1.807) is 7.11 Å². The Kier molecular flexibility index (Phi) is 6.85. The fraction of sp³-hybridized carbons (Fsp3) is 0.714. The number of rotatable bonds is 8. The fourth-order valence-electron chi connectivity index (χ4n) is 1.77. The van der Waals surface area contributed by atoms with Gasteiger partial charge in [-0.2, -0.15) is 0 Å². The quantitative estimate of drug-likeness (QED) is 0.740. The third kappa shape index (κ3) is 5.39. The number of methoxy groups -OCH3 is 1. The Labute approximate surface area is 123 Å². The lowest BCUT2D eigenvalue weighted by Gasteiger charge is -2.26. The van der Waals surface area contributed by atoms with Crippen molar-refractivity contribution in [3.8, 4) is 0 Å². The lowest BCUT2D eigenvalue weighted by molar-refractivity contribution is 0.0117. The van der Waals surface area contributed by atoms with E-state index in [1.807, 2.05) is 11.3 Å². The summed E-state index contributed by atoms with van der Waals surface area (Å²) in [5, 5.41) is 3.63. The normalized spacial score (nSPS) is 13.8. The van der Waals surface area contributed by atoms with Crippen LogP contribution < -0.4 is 5.32 Å². The van der Waals surface area contributed by atoms with Crippen LogP contribution in [0.5, 0.6) is 0 Å². The van der Waals surface area contributed by atoms with Crippen LogP contribution in [0.15, 0.2) is 15.9 Å². The van der Waals surface area contributed by atoms with E-state index in [-0.39, 0.29) is 5.60 Å². The van der Waals surface area contributed by atoms with Crippen LogP contribution in [0, 0.1) is 0 Å². The van der Waals surface area contributed by atoms with Gasteiger partial charge in [0.2, 0.25) is 0 Å². The molecule has 0 aliphatic carbocycles. The zero-order chi connectivity index (χ0) is 13.6. The van der Waals surface area contributed by atoms with Crippen LogP contribution in [-0.4, -0.2) is 19.3 Å². The average Bonchev–Trinajstić information content (AvgIpc) is 2.76. The molecule has 0 fully saturated rings. The molecule has 0 radical (unpaired) electrons. The summed E-state index contributed by atoms with van der Waals surface area (Å²) in [6, 6.07) is 4.78. The molecule has 1 heterocycles. The van der Waals surface area contributed by atoms with Crippen LogP contribution in [0.1, 0.15) is 51.0 Å². The minimum atomic E-state index is -0.0410. The van der Waals surface area contributed by atoms with Crippen molar-refractivity contribution in [1.82, 2.24) is 5.32 Å². The smallest absolute Gasteiger partial charge is 0.0701 e. The first kappa shape index (κ1) is 16.2. The largest absolute Gasteiger partial charge is 0.379 e. The maximum absolute atomic E-state index is 5.50. The highest BCUT2D eigenvalue weighted by atomic mass is 79.9. The SMILES string of the molecule is CCCNC(CCC(C)(C)OC)c1ccc(Br)s1. The van der Waals surface area contributed by atoms with E-state index in [1.165, 1.54) is 8.66 Å². The summed E-state index contributed by atoms with van der Waals surface area (Å²) in [5.41, 5.74) is -0.0410. The van der Waals surface area contributed by atoms with Gasteiger partial charge in [0, 0.05) is 18.0 Å². The minimum absolute atomic E-state index is 0.0410. The van der Waals surface area contributed by atoms with Gasteiger partial charge in [-0.05, 0) is 67.7 Å². The molecule has 0 saturated heterocycles. The Morgan fingerprint density at radius 1 is 1.44 bits per heavy atom. The van der Waals surface area contributed by atoms with E-state index < -0.39 is 0 Å². The number of hydrogen-bond acceptors (Lipinski definition) is 3. The van der Waals surface area contributed by atoms with Crippen LogP contribution in [0.3, 0.4) is 0 Å². The Morgan fingerprint density at radius 2 is 2.17 bits per heavy atom. The fourth-order valence-corrected chi connectivity index (χ4v) is 3.31. The van der Waals surface area contributed by atoms with Crippen molar-refractivity contribution in [3.05, 3.63) is 20.8 Å². The Hall–Kier alpha value is 0.1000. The van der Waals surface area contributed by atoms with Crippen LogP contribution in [0.25, 0.3) is 0 Å². The van der Waals surface area contributed by atoms with Gasteiger partial charge in [0.25, 0.3) is 0 Å². The van der Waals surface area contributed by atoms with Gasteiger partial charge in [0.05, 0.1) is 9.39 Å². The van der Waals surface area contributed by atoms with E-state index in [0.717, 1.165) is 25.8 Å². The van der Waals surface area contributed by atoms with Gasteiger partial charge in [-0.1, -0.05) is 6.92 Å². The van der Waals surface area contributed by atoms with Crippen LogP contribution >= 0.6 is 27.3 Å². The molecule has 1 aromatic rings. The summed E-state index contributed by atoms with van der Waals surface area (Å²) >= 11 is 5.36. The molecule has 0 aromatic carbocycles. The number of nitrogens with one attached hydrogen (secondary N) is 1. The summed E-state index contributed by atoms with van der Waals surface area (Å²) in [6.07, 6.45) is 3.32. The summed E-state index contributed by atoms with van der Waals surface area (Å²) in [6.45, 7) is 7.56. The van der Waals surface area contributed by atoms with Crippen molar-refractivity contribution >= 4 is 27.3 Å². The van der Waals surface area contributed by atoms with Gasteiger partial charge < -0.3 is 10.1 Å². The molecule has 0 bridgehead atoms. The highest BCUT2D eigenvalue weighted by Crippen LogP contribution is 2.31. The number of thiophene rings is 1. The summed E-state index contributed by atoms with van der Waals surface area (Å²) in [5.74, 6) is 0. The molecule has 0 saturated carbocycles. The molecule has 1 unspecified atom stereocenters. The molecule has 1 aromatic heterocycles. The maximum Gasteiger partial charge on any atom is 0.0701 e. The molecule has 1 atom stereocenters. The zero-order valence-electron chi connectivity index (χ0n) is 11.8. The monoisotopic (exact) mass is 333 g/mol. The second-order valence-electron chi connectivity index (χ2n) is 5.15. The maximum atomic E-state index is 5.50. The third-order valence-corrected chi connectivity index (χ3v) is 4.90. The molecule has 0 aliphatic heterocycles. The number of ether oxygens (including phenoxy) is 1. The summed E-state index contributed by atoms with van der Waals surface area (Å²) < 4.78 is 6.70. The van der Waals surface area contributed by atoms with E-state index in [4.69, 9.17) is 4.74 Å². The predicted molar refractivity (Wildman–Crippen MR) is 83.4 cm³/mol. The van der Waals surface area contributed by atoms with Crippen LogP contribution in [0.4, 0.5) is 0 Å². The van der Waals surface area contributed by atoms with Crippen molar-refractivity contribution in [3.63, 3.8) is 0 Å². The van der Waals surface area contributed by atoms with Gasteiger partial charge in [-0.15, -0.1) is 11.3 Å². The highest BCUT2D eigenvalue weighted by Gasteiger charge is 2.20. The van der Waals surface area contributed by atoms with Crippen molar-refractivity contribution in [2.45, 2.75) is 51.7 Å². The first-order valence-corrected chi connectivity index (χ1v) is 8.13. The van der Waals surface area contributed by atoms with Crippen molar-refractivity contribution in [2.75, 3.05) is 13.7 Å².